The Labute approximate surface area is 128 Å². The quantitative estimate of drug-likeness (QED) is 0.620. The van der Waals surface area contributed by atoms with Gasteiger partial charge in [0, 0.05) is 0 Å². The molecule has 0 amide bonds. The van der Waals surface area contributed by atoms with Crippen LogP contribution in [0, 0.1) is 0 Å². The van der Waals surface area contributed by atoms with E-state index in [9.17, 15) is 15.0 Å². The monoisotopic (exact) mass is 308 g/mol. The van der Waals surface area contributed by atoms with E-state index < -0.39 is 36.7 Å². The molecule has 0 aliphatic carbocycles. The Morgan fingerprint density at radius 3 is 2.64 bits per heavy atom. The van der Waals surface area contributed by atoms with Crippen LogP contribution in [0.1, 0.15) is 17.3 Å². The second kappa shape index (κ2) is 7.51. The van der Waals surface area contributed by atoms with Crippen LogP contribution in [0.2, 0.25) is 0 Å². The second-order valence-corrected chi connectivity index (χ2v) is 5.05. The van der Waals surface area contributed by atoms with Gasteiger partial charge in [-0.25, -0.2) is 4.79 Å². The van der Waals surface area contributed by atoms with Gasteiger partial charge in [0.25, 0.3) is 0 Å². The first-order valence-corrected chi connectivity index (χ1v) is 7.04. The van der Waals surface area contributed by atoms with Crippen molar-refractivity contribution in [2.45, 2.75) is 37.6 Å². The molecule has 0 unspecified atom stereocenters. The second-order valence-electron chi connectivity index (χ2n) is 5.05. The Morgan fingerprint density at radius 2 is 2.00 bits per heavy atom. The number of ether oxygens (including phenoxy) is 3. The SMILES string of the molecule is C=CCO[C@@H]1O[C@@H](C)[C@@H](O)[C@@H](O)[C@@H]1OC(=O)c1ccccc1. The molecule has 2 N–H and O–H groups in total. The van der Waals surface area contributed by atoms with Gasteiger partial charge in [-0.2, -0.15) is 0 Å². The van der Waals surface area contributed by atoms with Crippen LogP contribution in [0.25, 0.3) is 0 Å². The number of benzene rings is 1. The first-order valence-electron chi connectivity index (χ1n) is 7.04. The maximum Gasteiger partial charge on any atom is 0.338 e. The Kier molecular flexibility index (Phi) is 5.68. The highest BCUT2D eigenvalue weighted by molar-refractivity contribution is 5.89. The molecule has 1 aliphatic rings. The van der Waals surface area contributed by atoms with Gasteiger partial charge in [0.2, 0.25) is 0 Å². The zero-order chi connectivity index (χ0) is 16.1. The topological polar surface area (TPSA) is 85.2 Å². The van der Waals surface area contributed by atoms with E-state index in [1.54, 1.807) is 37.3 Å². The summed E-state index contributed by atoms with van der Waals surface area (Å²) in [4.78, 5) is 12.1. The Hall–Kier alpha value is -1.73. The van der Waals surface area contributed by atoms with Crippen molar-refractivity contribution in [2.24, 2.45) is 0 Å². The molecule has 1 aliphatic heterocycles. The number of carbonyl (C=O) groups is 1. The van der Waals surface area contributed by atoms with Crippen LogP contribution in [-0.2, 0) is 14.2 Å². The number of esters is 1. The summed E-state index contributed by atoms with van der Waals surface area (Å²) in [5, 5.41) is 20.1. The molecule has 6 nitrogen and oxygen atoms in total. The lowest BCUT2D eigenvalue weighted by Crippen LogP contribution is -2.58. The predicted octanol–water partition coefficient (Wildman–Crippen LogP) is 0.881. The van der Waals surface area contributed by atoms with Crippen molar-refractivity contribution in [3.05, 3.63) is 48.6 Å². The minimum atomic E-state index is -1.30. The van der Waals surface area contributed by atoms with Crippen LogP contribution in [-0.4, -0.2) is 53.5 Å². The smallest absolute Gasteiger partial charge is 0.338 e. The van der Waals surface area contributed by atoms with Crippen molar-refractivity contribution >= 4 is 5.97 Å². The fourth-order valence-electron chi connectivity index (χ4n) is 2.19. The maximum atomic E-state index is 12.1. The van der Waals surface area contributed by atoms with Gasteiger partial charge in [0.1, 0.15) is 12.2 Å². The minimum absolute atomic E-state index is 0.166. The summed E-state index contributed by atoms with van der Waals surface area (Å²) < 4.78 is 16.1. The third-order valence-corrected chi connectivity index (χ3v) is 3.42. The molecule has 6 heteroatoms. The molecule has 1 aromatic rings. The first-order chi connectivity index (χ1) is 10.5. The van der Waals surface area contributed by atoms with Gasteiger partial charge in [-0.1, -0.05) is 24.3 Å². The molecule has 1 fully saturated rings. The average molecular weight is 308 g/mol. The van der Waals surface area contributed by atoms with Crippen LogP contribution < -0.4 is 0 Å². The van der Waals surface area contributed by atoms with Gasteiger partial charge >= 0.3 is 5.97 Å². The summed E-state index contributed by atoms with van der Waals surface area (Å²) >= 11 is 0. The fourth-order valence-corrected chi connectivity index (χ4v) is 2.19. The van der Waals surface area contributed by atoms with Crippen molar-refractivity contribution < 1.29 is 29.2 Å². The van der Waals surface area contributed by atoms with Crippen LogP contribution in [0.3, 0.4) is 0 Å². The number of aliphatic hydroxyl groups excluding tert-OH is 2. The number of aliphatic hydroxyl groups is 2. The molecular formula is C16H20O6. The van der Waals surface area contributed by atoms with E-state index in [1.807, 2.05) is 0 Å². The first kappa shape index (κ1) is 16.6. The van der Waals surface area contributed by atoms with Gasteiger partial charge in [-0.3, -0.25) is 0 Å². The molecule has 22 heavy (non-hydrogen) atoms. The summed E-state index contributed by atoms with van der Waals surface area (Å²) in [6, 6.07) is 8.37. The van der Waals surface area contributed by atoms with Gasteiger partial charge in [-0.15, -0.1) is 6.58 Å². The molecule has 0 bridgehead atoms. The predicted molar refractivity (Wildman–Crippen MR) is 78.1 cm³/mol. The van der Waals surface area contributed by atoms with Crippen molar-refractivity contribution in [2.75, 3.05) is 6.61 Å². The largest absolute Gasteiger partial charge is 0.450 e. The number of hydrogen-bond donors (Lipinski definition) is 2. The van der Waals surface area contributed by atoms with Crippen molar-refractivity contribution in [1.82, 2.24) is 0 Å². The van der Waals surface area contributed by atoms with E-state index in [0.29, 0.717) is 5.56 Å². The zero-order valence-electron chi connectivity index (χ0n) is 12.3. The summed E-state index contributed by atoms with van der Waals surface area (Å²) in [7, 11) is 0. The minimum Gasteiger partial charge on any atom is -0.450 e. The number of rotatable bonds is 5. The standard InChI is InChI=1S/C16H20O6/c1-3-9-20-16-14(13(18)12(17)10(2)21-16)22-15(19)11-7-5-4-6-8-11/h3-8,10,12-14,16-18H,1,9H2,2H3/t10-,12+,13+,14-,16+/m0/s1. The highest BCUT2D eigenvalue weighted by atomic mass is 16.7. The van der Waals surface area contributed by atoms with Crippen LogP contribution in [0.4, 0.5) is 0 Å². The van der Waals surface area contributed by atoms with Gasteiger partial charge in [0.05, 0.1) is 18.3 Å². The van der Waals surface area contributed by atoms with E-state index in [2.05, 4.69) is 6.58 Å². The van der Waals surface area contributed by atoms with Crippen molar-refractivity contribution in [3.63, 3.8) is 0 Å². The van der Waals surface area contributed by atoms with Crippen LogP contribution in [0.15, 0.2) is 43.0 Å². The van der Waals surface area contributed by atoms with Crippen molar-refractivity contribution in [1.29, 1.82) is 0 Å². The fraction of sp³-hybridized carbons (Fsp3) is 0.438. The van der Waals surface area contributed by atoms with Gasteiger partial charge < -0.3 is 24.4 Å². The lowest BCUT2D eigenvalue weighted by atomic mass is 9.99. The zero-order valence-corrected chi connectivity index (χ0v) is 12.3. The summed E-state index contributed by atoms with van der Waals surface area (Å²) in [5.74, 6) is -0.623. The Balaban J connectivity index is 2.12. The Morgan fingerprint density at radius 1 is 1.32 bits per heavy atom. The van der Waals surface area contributed by atoms with E-state index in [-0.39, 0.29) is 6.61 Å². The maximum absolute atomic E-state index is 12.1. The normalized spacial score (nSPS) is 31.5. The highest BCUT2D eigenvalue weighted by Gasteiger charge is 2.45. The molecule has 5 atom stereocenters. The molecule has 1 heterocycles. The molecular weight excluding hydrogens is 288 g/mol. The van der Waals surface area contributed by atoms with Crippen LogP contribution in [0.5, 0.6) is 0 Å². The van der Waals surface area contributed by atoms with Crippen molar-refractivity contribution in [3.8, 4) is 0 Å². The van der Waals surface area contributed by atoms with E-state index in [4.69, 9.17) is 14.2 Å². The molecule has 0 saturated carbocycles. The Bertz CT molecular complexity index is 503. The summed E-state index contributed by atoms with van der Waals surface area (Å²) in [6.07, 6.45) is -3.69. The molecule has 1 aromatic carbocycles. The van der Waals surface area contributed by atoms with E-state index >= 15 is 0 Å². The highest BCUT2D eigenvalue weighted by Crippen LogP contribution is 2.25. The molecule has 2 rings (SSSR count). The van der Waals surface area contributed by atoms with Gasteiger partial charge in [-0.05, 0) is 19.1 Å². The number of carbonyl (C=O) groups excluding carboxylic acids is 1. The molecule has 1 saturated heterocycles. The van der Waals surface area contributed by atoms with E-state index in [1.165, 1.54) is 6.08 Å². The van der Waals surface area contributed by atoms with E-state index in [0.717, 1.165) is 0 Å². The third-order valence-electron chi connectivity index (χ3n) is 3.42. The molecule has 0 spiro atoms. The lowest BCUT2D eigenvalue weighted by molar-refractivity contribution is -0.289. The lowest BCUT2D eigenvalue weighted by Gasteiger charge is -2.40. The third kappa shape index (κ3) is 3.72. The van der Waals surface area contributed by atoms with Crippen LogP contribution >= 0.6 is 0 Å². The van der Waals surface area contributed by atoms with Gasteiger partial charge in [0.15, 0.2) is 12.4 Å². The number of hydrogen-bond acceptors (Lipinski definition) is 6. The molecule has 120 valence electrons. The summed E-state index contributed by atoms with van der Waals surface area (Å²) in [5.41, 5.74) is 0.338. The molecule has 0 radical (unpaired) electrons. The average Bonchev–Trinajstić information content (AvgIpc) is 2.54. The molecule has 0 aromatic heterocycles. The summed E-state index contributed by atoms with van der Waals surface area (Å²) in [6.45, 7) is 5.30.